The van der Waals surface area contributed by atoms with Crippen LogP contribution in [-0.2, 0) is 14.1 Å². The molecule has 0 aliphatic carbocycles. The highest BCUT2D eigenvalue weighted by atomic mass is 16.4. The molecule has 142 valence electrons. The highest BCUT2D eigenvalue weighted by molar-refractivity contribution is 5.91. The molecule has 0 aliphatic rings. The topological polar surface area (TPSA) is 85.8 Å². The van der Waals surface area contributed by atoms with E-state index in [1.807, 2.05) is 71.8 Å². The summed E-state index contributed by atoms with van der Waals surface area (Å²) < 4.78 is 3.84. The summed E-state index contributed by atoms with van der Waals surface area (Å²) in [5, 5.41) is 9.66. The number of rotatable bonds is 3. The molecular formula is C22H17N5O2. The van der Waals surface area contributed by atoms with Crippen molar-refractivity contribution >= 4 is 28.0 Å². The lowest BCUT2D eigenvalue weighted by molar-refractivity contribution is 0.0697. The minimum absolute atomic E-state index is 0.143. The van der Waals surface area contributed by atoms with Crippen LogP contribution in [0.3, 0.4) is 0 Å². The predicted molar refractivity (Wildman–Crippen MR) is 111 cm³/mol. The summed E-state index contributed by atoms with van der Waals surface area (Å²) in [5.74, 6) is 0.191. The number of carboxylic acids is 1. The Hall–Kier alpha value is -4.00. The molecule has 0 atom stereocenters. The third-order valence-electron chi connectivity index (χ3n) is 5.10. The van der Waals surface area contributed by atoms with E-state index in [1.165, 1.54) is 0 Å². The van der Waals surface area contributed by atoms with Crippen molar-refractivity contribution in [2.24, 2.45) is 14.1 Å². The number of imidazole rings is 2. The summed E-state index contributed by atoms with van der Waals surface area (Å²) in [4.78, 5) is 25.9. The zero-order chi connectivity index (χ0) is 20.1. The summed E-state index contributed by atoms with van der Waals surface area (Å²) >= 11 is 0. The Labute approximate surface area is 165 Å². The number of aromatic nitrogens is 5. The van der Waals surface area contributed by atoms with Gasteiger partial charge in [0, 0.05) is 14.1 Å². The quantitative estimate of drug-likeness (QED) is 0.511. The molecule has 0 bridgehead atoms. The van der Waals surface area contributed by atoms with Gasteiger partial charge in [-0.05, 0) is 36.4 Å². The fourth-order valence-electron chi connectivity index (χ4n) is 3.63. The predicted octanol–water partition coefficient (Wildman–Crippen LogP) is 3.89. The number of carboxylic acid groups (broad SMARTS) is 1. The van der Waals surface area contributed by atoms with Crippen molar-refractivity contribution in [3.63, 3.8) is 0 Å². The first-order valence-electron chi connectivity index (χ1n) is 9.12. The van der Waals surface area contributed by atoms with Crippen LogP contribution in [0.15, 0.2) is 60.7 Å². The second kappa shape index (κ2) is 6.27. The molecule has 0 saturated heterocycles. The van der Waals surface area contributed by atoms with Gasteiger partial charge in [0.1, 0.15) is 11.4 Å². The van der Waals surface area contributed by atoms with Crippen molar-refractivity contribution in [3.05, 3.63) is 66.2 Å². The lowest BCUT2D eigenvalue weighted by Gasteiger charge is -2.08. The molecule has 5 aromatic rings. The molecule has 2 aromatic carbocycles. The van der Waals surface area contributed by atoms with Gasteiger partial charge in [-0.3, -0.25) is 0 Å². The van der Waals surface area contributed by atoms with Gasteiger partial charge < -0.3 is 14.2 Å². The molecule has 5 rings (SSSR count). The maximum absolute atomic E-state index is 11.8. The number of benzene rings is 2. The summed E-state index contributed by atoms with van der Waals surface area (Å²) in [6, 6.07) is 18.6. The average molecular weight is 383 g/mol. The first kappa shape index (κ1) is 17.1. The zero-order valence-corrected chi connectivity index (χ0v) is 15.9. The van der Waals surface area contributed by atoms with E-state index in [1.54, 1.807) is 12.1 Å². The monoisotopic (exact) mass is 383 g/mol. The number of pyridine rings is 1. The molecular weight excluding hydrogens is 366 g/mol. The zero-order valence-electron chi connectivity index (χ0n) is 15.9. The normalized spacial score (nSPS) is 11.4. The van der Waals surface area contributed by atoms with E-state index in [4.69, 9.17) is 4.98 Å². The van der Waals surface area contributed by atoms with Gasteiger partial charge in [-0.1, -0.05) is 24.3 Å². The van der Waals surface area contributed by atoms with Crippen molar-refractivity contribution < 1.29 is 9.90 Å². The van der Waals surface area contributed by atoms with Crippen LogP contribution >= 0.6 is 0 Å². The second-order valence-electron chi connectivity index (χ2n) is 6.90. The smallest absolute Gasteiger partial charge is 0.335 e. The first-order chi connectivity index (χ1) is 14.0. The largest absolute Gasteiger partial charge is 0.478 e. The molecule has 3 heterocycles. The molecule has 0 radical (unpaired) electrons. The second-order valence-corrected chi connectivity index (χ2v) is 6.90. The molecule has 0 spiro atoms. The van der Waals surface area contributed by atoms with Crippen LogP contribution in [0, 0.1) is 0 Å². The summed E-state index contributed by atoms with van der Waals surface area (Å²) in [5.41, 5.74) is 4.69. The fraction of sp³-hybridized carbons (Fsp3) is 0.0909. The lowest BCUT2D eigenvalue weighted by Crippen LogP contribution is -2.04. The Morgan fingerprint density at radius 2 is 1.21 bits per heavy atom. The van der Waals surface area contributed by atoms with Gasteiger partial charge in [-0.25, -0.2) is 19.7 Å². The van der Waals surface area contributed by atoms with E-state index >= 15 is 0 Å². The SMILES string of the molecule is Cn1c(-c2cc(C(=O)O)cc(-c3nc4ccccc4n3C)n2)nc2ccccc21. The minimum Gasteiger partial charge on any atom is -0.478 e. The number of carbonyl (C=O) groups is 1. The number of aryl methyl sites for hydroxylation is 2. The van der Waals surface area contributed by atoms with Gasteiger partial charge in [0.05, 0.1) is 27.6 Å². The van der Waals surface area contributed by atoms with Crippen LogP contribution in [-0.4, -0.2) is 35.2 Å². The van der Waals surface area contributed by atoms with Crippen LogP contribution in [0.4, 0.5) is 0 Å². The van der Waals surface area contributed by atoms with Crippen LogP contribution in [0.2, 0.25) is 0 Å². The van der Waals surface area contributed by atoms with Crippen molar-refractivity contribution in [2.45, 2.75) is 0 Å². The maximum atomic E-state index is 11.8. The Morgan fingerprint density at radius 3 is 1.62 bits per heavy atom. The Morgan fingerprint density at radius 1 is 0.759 bits per heavy atom. The van der Waals surface area contributed by atoms with Crippen LogP contribution in [0.25, 0.3) is 45.1 Å². The Bertz CT molecular complexity index is 1320. The molecule has 0 amide bonds. The van der Waals surface area contributed by atoms with E-state index in [2.05, 4.69) is 9.97 Å². The Balaban J connectivity index is 1.77. The van der Waals surface area contributed by atoms with Gasteiger partial charge >= 0.3 is 5.97 Å². The highest BCUT2D eigenvalue weighted by Gasteiger charge is 2.18. The first-order valence-corrected chi connectivity index (χ1v) is 9.12. The summed E-state index contributed by atoms with van der Waals surface area (Å²) in [7, 11) is 3.79. The van der Waals surface area contributed by atoms with E-state index in [0.29, 0.717) is 23.0 Å². The maximum Gasteiger partial charge on any atom is 0.335 e. The van der Waals surface area contributed by atoms with Gasteiger partial charge in [-0.15, -0.1) is 0 Å². The van der Waals surface area contributed by atoms with Crippen LogP contribution in [0.5, 0.6) is 0 Å². The molecule has 1 N–H and O–H groups in total. The van der Waals surface area contributed by atoms with Crippen LogP contribution in [0.1, 0.15) is 10.4 Å². The van der Waals surface area contributed by atoms with Crippen molar-refractivity contribution in [1.82, 2.24) is 24.1 Å². The minimum atomic E-state index is -1.02. The van der Waals surface area contributed by atoms with Crippen molar-refractivity contribution in [1.29, 1.82) is 0 Å². The average Bonchev–Trinajstić information content (AvgIpc) is 3.26. The van der Waals surface area contributed by atoms with Crippen molar-refractivity contribution in [2.75, 3.05) is 0 Å². The van der Waals surface area contributed by atoms with E-state index in [0.717, 1.165) is 22.1 Å². The number of hydrogen-bond acceptors (Lipinski definition) is 4. The molecule has 3 aromatic heterocycles. The standard InChI is InChI=1S/C22H17N5O2/c1-26-18-9-5-3-7-14(18)24-20(26)16-11-13(22(28)29)12-17(23-16)21-25-15-8-4-6-10-19(15)27(21)2/h3-12H,1-2H3,(H,28,29). The summed E-state index contributed by atoms with van der Waals surface area (Å²) in [6.07, 6.45) is 0. The fourth-order valence-corrected chi connectivity index (χ4v) is 3.63. The van der Waals surface area contributed by atoms with Gasteiger partial charge in [-0.2, -0.15) is 0 Å². The molecule has 0 unspecified atom stereocenters. The molecule has 7 heteroatoms. The molecule has 0 fully saturated rings. The highest BCUT2D eigenvalue weighted by Crippen LogP contribution is 2.28. The van der Waals surface area contributed by atoms with E-state index < -0.39 is 5.97 Å². The van der Waals surface area contributed by atoms with Gasteiger partial charge in [0.2, 0.25) is 0 Å². The molecule has 0 saturated carbocycles. The van der Waals surface area contributed by atoms with E-state index in [9.17, 15) is 9.90 Å². The van der Waals surface area contributed by atoms with Gasteiger partial charge in [0.25, 0.3) is 0 Å². The Kier molecular flexibility index (Phi) is 3.70. The third kappa shape index (κ3) is 2.67. The third-order valence-corrected chi connectivity index (χ3v) is 5.10. The number of hydrogen-bond donors (Lipinski definition) is 1. The van der Waals surface area contributed by atoms with Gasteiger partial charge in [0.15, 0.2) is 11.6 Å². The molecule has 7 nitrogen and oxygen atoms in total. The number of para-hydroxylation sites is 4. The number of nitrogens with zero attached hydrogens (tertiary/aromatic N) is 5. The number of fused-ring (bicyclic) bond motifs is 2. The van der Waals surface area contributed by atoms with Crippen LogP contribution < -0.4 is 0 Å². The summed E-state index contributed by atoms with van der Waals surface area (Å²) in [6.45, 7) is 0. The molecule has 29 heavy (non-hydrogen) atoms. The molecule has 0 aliphatic heterocycles. The van der Waals surface area contributed by atoms with Crippen molar-refractivity contribution in [3.8, 4) is 23.0 Å². The van der Waals surface area contributed by atoms with E-state index in [-0.39, 0.29) is 5.56 Å². The number of aromatic carboxylic acids is 1. The lowest BCUT2D eigenvalue weighted by atomic mass is 10.1.